The van der Waals surface area contributed by atoms with Gasteiger partial charge in [0.25, 0.3) is 0 Å². The second-order valence-electron chi connectivity index (χ2n) is 6.85. The van der Waals surface area contributed by atoms with Crippen molar-refractivity contribution in [2.24, 2.45) is 0 Å². The first-order chi connectivity index (χ1) is 14.2. The zero-order chi connectivity index (χ0) is 20.1. The van der Waals surface area contributed by atoms with E-state index in [0.29, 0.717) is 25.9 Å². The first-order valence-electron chi connectivity index (χ1n) is 9.54. The van der Waals surface area contributed by atoms with E-state index in [0.717, 1.165) is 28.1 Å². The number of nitrogens with zero attached hydrogens (tertiary/aromatic N) is 3. The number of nitrogens with one attached hydrogen (secondary N) is 1. The molecule has 0 saturated heterocycles. The van der Waals surface area contributed by atoms with E-state index in [9.17, 15) is 9.18 Å². The number of amides is 1. The number of aromatic nitrogens is 3. The van der Waals surface area contributed by atoms with E-state index in [1.54, 1.807) is 18.3 Å². The van der Waals surface area contributed by atoms with E-state index in [2.05, 4.69) is 32.0 Å². The molecule has 4 aromatic rings. The fraction of sp³-hybridized carbons (Fsp3) is 0.174. The van der Waals surface area contributed by atoms with Gasteiger partial charge in [0.05, 0.1) is 6.54 Å². The molecule has 2 heterocycles. The van der Waals surface area contributed by atoms with Gasteiger partial charge >= 0.3 is 0 Å². The second kappa shape index (κ2) is 8.65. The molecular weight excluding hydrogens is 367 g/mol. The topological polar surface area (TPSA) is 59.8 Å². The maximum Gasteiger partial charge on any atom is 0.220 e. The maximum absolute atomic E-state index is 13.0. The molecule has 2 aromatic carbocycles. The largest absolute Gasteiger partial charge is 0.352 e. The molecule has 2 aromatic heterocycles. The van der Waals surface area contributed by atoms with Crippen LogP contribution < -0.4 is 5.32 Å². The van der Waals surface area contributed by atoms with Crippen molar-refractivity contribution in [1.82, 2.24) is 19.9 Å². The summed E-state index contributed by atoms with van der Waals surface area (Å²) >= 11 is 0. The number of benzene rings is 2. The lowest BCUT2D eigenvalue weighted by Gasteiger charge is -2.09. The van der Waals surface area contributed by atoms with Crippen LogP contribution in [0.4, 0.5) is 4.39 Å². The highest BCUT2D eigenvalue weighted by atomic mass is 19.1. The SMILES string of the molecule is O=C(CCc1nc2cccnc2n1Cc1ccccc1)NCc1ccc(F)cc1. The molecule has 1 N–H and O–H groups in total. The highest BCUT2D eigenvalue weighted by Crippen LogP contribution is 2.17. The van der Waals surface area contributed by atoms with Crippen molar-refractivity contribution in [2.75, 3.05) is 0 Å². The number of carbonyl (C=O) groups excluding carboxylic acids is 1. The monoisotopic (exact) mass is 388 g/mol. The van der Waals surface area contributed by atoms with Crippen molar-refractivity contribution < 1.29 is 9.18 Å². The van der Waals surface area contributed by atoms with Gasteiger partial charge in [-0.3, -0.25) is 4.79 Å². The number of carbonyl (C=O) groups is 1. The molecule has 1 amide bonds. The van der Waals surface area contributed by atoms with Crippen LogP contribution in [0.5, 0.6) is 0 Å². The van der Waals surface area contributed by atoms with Crippen molar-refractivity contribution in [2.45, 2.75) is 25.9 Å². The van der Waals surface area contributed by atoms with Crippen LogP contribution in [0.1, 0.15) is 23.4 Å². The molecule has 0 spiro atoms. The summed E-state index contributed by atoms with van der Waals surface area (Å²) in [5.74, 6) is 0.478. The van der Waals surface area contributed by atoms with Gasteiger partial charge < -0.3 is 9.88 Å². The number of rotatable bonds is 7. The Morgan fingerprint density at radius 3 is 2.55 bits per heavy atom. The van der Waals surface area contributed by atoms with Gasteiger partial charge in [-0.1, -0.05) is 42.5 Å². The molecule has 6 heteroatoms. The number of hydrogen-bond donors (Lipinski definition) is 1. The van der Waals surface area contributed by atoms with Gasteiger partial charge in [0.2, 0.25) is 5.91 Å². The van der Waals surface area contributed by atoms with Crippen LogP contribution in [0.25, 0.3) is 11.2 Å². The van der Waals surface area contributed by atoms with Crippen LogP contribution in [0.2, 0.25) is 0 Å². The van der Waals surface area contributed by atoms with Gasteiger partial charge in [-0.05, 0) is 35.4 Å². The summed E-state index contributed by atoms with van der Waals surface area (Å²) < 4.78 is 15.0. The molecule has 29 heavy (non-hydrogen) atoms. The number of aryl methyl sites for hydroxylation is 1. The van der Waals surface area contributed by atoms with Gasteiger partial charge in [-0.25, -0.2) is 14.4 Å². The number of hydrogen-bond acceptors (Lipinski definition) is 3. The Bertz CT molecular complexity index is 1110. The minimum absolute atomic E-state index is 0.0689. The van der Waals surface area contributed by atoms with Crippen LogP contribution in [0.3, 0.4) is 0 Å². The van der Waals surface area contributed by atoms with Crippen LogP contribution in [0.15, 0.2) is 72.9 Å². The molecule has 0 unspecified atom stereocenters. The molecule has 5 nitrogen and oxygen atoms in total. The Hall–Kier alpha value is -3.54. The molecule has 0 radical (unpaired) electrons. The predicted octanol–water partition coefficient (Wildman–Crippen LogP) is 3.87. The lowest BCUT2D eigenvalue weighted by atomic mass is 10.2. The van der Waals surface area contributed by atoms with Gasteiger partial charge in [0.15, 0.2) is 5.65 Å². The first-order valence-corrected chi connectivity index (χ1v) is 9.54. The minimum Gasteiger partial charge on any atom is -0.352 e. The van der Waals surface area contributed by atoms with Gasteiger partial charge in [-0.2, -0.15) is 0 Å². The zero-order valence-corrected chi connectivity index (χ0v) is 15.9. The number of imidazole rings is 1. The van der Waals surface area contributed by atoms with Crippen molar-refractivity contribution in [1.29, 1.82) is 0 Å². The zero-order valence-electron chi connectivity index (χ0n) is 15.9. The summed E-state index contributed by atoms with van der Waals surface area (Å²) in [5.41, 5.74) is 3.66. The van der Waals surface area contributed by atoms with Crippen molar-refractivity contribution in [3.63, 3.8) is 0 Å². The van der Waals surface area contributed by atoms with E-state index < -0.39 is 0 Å². The van der Waals surface area contributed by atoms with E-state index >= 15 is 0 Å². The number of halogens is 1. The molecule has 0 fully saturated rings. The highest BCUT2D eigenvalue weighted by molar-refractivity contribution is 5.76. The summed E-state index contributed by atoms with van der Waals surface area (Å²) in [7, 11) is 0. The van der Waals surface area contributed by atoms with Crippen molar-refractivity contribution in [3.05, 3.63) is 95.7 Å². The lowest BCUT2D eigenvalue weighted by molar-refractivity contribution is -0.121. The molecule has 0 atom stereocenters. The fourth-order valence-corrected chi connectivity index (χ4v) is 3.24. The van der Waals surface area contributed by atoms with Crippen molar-refractivity contribution in [3.8, 4) is 0 Å². The van der Waals surface area contributed by atoms with E-state index in [1.165, 1.54) is 12.1 Å². The van der Waals surface area contributed by atoms with Crippen LogP contribution in [0, 0.1) is 5.82 Å². The van der Waals surface area contributed by atoms with Crippen molar-refractivity contribution >= 4 is 17.1 Å². The lowest BCUT2D eigenvalue weighted by Crippen LogP contribution is -2.23. The summed E-state index contributed by atoms with van der Waals surface area (Å²) in [5, 5.41) is 2.88. The molecule has 146 valence electrons. The third-order valence-corrected chi connectivity index (χ3v) is 4.74. The predicted molar refractivity (Wildman–Crippen MR) is 110 cm³/mol. The molecule has 4 rings (SSSR count). The Balaban J connectivity index is 1.45. The van der Waals surface area contributed by atoms with E-state index in [-0.39, 0.29) is 11.7 Å². The highest BCUT2D eigenvalue weighted by Gasteiger charge is 2.13. The maximum atomic E-state index is 13.0. The molecule has 0 aliphatic rings. The minimum atomic E-state index is -0.286. The van der Waals surface area contributed by atoms with Gasteiger partial charge in [0.1, 0.15) is 17.2 Å². The van der Waals surface area contributed by atoms with Gasteiger partial charge in [0, 0.05) is 25.6 Å². The van der Waals surface area contributed by atoms with E-state index in [4.69, 9.17) is 0 Å². The summed E-state index contributed by atoms with van der Waals surface area (Å²) in [6.45, 7) is 1.03. The van der Waals surface area contributed by atoms with Crippen LogP contribution in [-0.2, 0) is 24.3 Å². The molecule has 0 saturated carbocycles. The Kier molecular flexibility index (Phi) is 5.61. The van der Waals surface area contributed by atoms with Crippen LogP contribution in [-0.4, -0.2) is 20.4 Å². The average molecular weight is 388 g/mol. The number of pyridine rings is 1. The first kappa shape index (κ1) is 18.8. The Morgan fingerprint density at radius 1 is 0.966 bits per heavy atom. The average Bonchev–Trinajstić information content (AvgIpc) is 3.10. The van der Waals surface area contributed by atoms with E-state index in [1.807, 2.05) is 30.3 Å². The quantitative estimate of drug-likeness (QED) is 0.523. The summed E-state index contributed by atoms with van der Waals surface area (Å²) in [4.78, 5) is 21.5. The summed E-state index contributed by atoms with van der Waals surface area (Å²) in [6.07, 6.45) is 2.59. The fourth-order valence-electron chi connectivity index (χ4n) is 3.24. The second-order valence-corrected chi connectivity index (χ2v) is 6.85. The Morgan fingerprint density at radius 2 is 1.76 bits per heavy atom. The smallest absolute Gasteiger partial charge is 0.220 e. The normalized spacial score (nSPS) is 10.9. The summed E-state index contributed by atoms with van der Waals surface area (Å²) in [6, 6.07) is 20.0. The molecule has 0 aliphatic heterocycles. The third kappa shape index (κ3) is 4.66. The van der Waals surface area contributed by atoms with Crippen LogP contribution >= 0.6 is 0 Å². The van der Waals surface area contributed by atoms with Gasteiger partial charge in [-0.15, -0.1) is 0 Å². The molecular formula is C23H21FN4O. The standard InChI is InChI=1S/C23H21FN4O/c24-19-10-8-17(9-11-19)15-26-22(29)13-12-21-27-20-7-4-14-25-23(20)28(21)16-18-5-2-1-3-6-18/h1-11,14H,12-13,15-16H2,(H,26,29). The molecule has 0 bridgehead atoms. The molecule has 0 aliphatic carbocycles. The third-order valence-electron chi connectivity index (χ3n) is 4.74. The Labute approximate surface area is 168 Å². The number of fused-ring (bicyclic) bond motifs is 1.